The molecule has 0 bridgehead atoms. The first kappa shape index (κ1) is 14.8. The van der Waals surface area contributed by atoms with Crippen molar-refractivity contribution in [2.45, 2.75) is 25.9 Å². The number of hydrogen-bond donors (Lipinski definition) is 1. The minimum atomic E-state index is 0.138. The van der Waals surface area contributed by atoms with Crippen molar-refractivity contribution in [2.75, 3.05) is 14.2 Å². The van der Waals surface area contributed by atoms with Crippen LogP contribution < -0.4 is 14.8 Å². The molecule has 1 heterocycles. The van der Waals surface area contributed by atoms with Crippen molar-refractivity contribution in [1.82, 2.24) is 10.3 Å². The lowest BCUT2D eigenvalue weighted by molar-refractivity contribution is 0.387. The number of benzene rings is 1. The molecule has 5 heteroatoms. The van der Waals surface area contributed by atoms with Gasteiger partial charge in [0.25, 0.3) is 0 Å². The number of nitrogens with one attached hydrogen (secondary N) is 1. The molecule has 1 aromatic heterocycles. The Morgan fingerprint density at radius 2 is 1.95 bits per heavy atom. The van der Waals surface area contributed by atoms with E-state index in [0.717, 1.165) is 22.1 Å². The topological polar surface area (TPSA) is 43.4 Å². The molecule has 0 radical (unpaired) electrons. The summed E-state index contributed by atoms with van der Waals surface area (Å²) in [6.07, 6.45) is 1.83. The quantitative estimate of drug-likeness (QED) is 0.884. The van der Waals surface area contributed by atoms with Crippen LogP contribution >= 0.6 is 11.3 Å². The normalized spacial score (nSPS) is 13.8. The van der Waals surface area contributed by atoms with Gasteiger partial charge in [0.15, 0.2) is 0 Å². The van der Waals surface area contributed by atoms with Gasteiger partial charge in [-0.1, -0.05) is 0 Å². The van der Waals surface area contributed by atoms with Crippen LogP contribution in [0.4, 0.5) is 0 Å². The van der Waals surface area contributed by atoms with Crippen molar-refractivity contribution in [3.05, 3.63) is 40.3 Å². The van der Waals surface area contributed by atoms with E-state index in [0.29, 0.717) is 0 Å². The van der Waals surface area contributed by atoms with Crippen LogP contribution in [0, 0.1) is 0 Å². The third-order valence-corrected chi connectivity index (χ3v) is 4.18. The van der Waals surface area contributed by atoms with Crippen LogP contribution in [0.25, 0.3) is 0 Å². The summed E-state index contributed by atoms with van der Waals surface area (Å²) in [5.41, 5.74) is 1.08. The molecule has 108 valence electrons. The van der Waals surface area contributed by atoms with Gasteiger partial charge in [-0.15, -0.1) is 11.3 Å². The highest BCUT2D eigenvalue weighted by atomic mass is 32.1. The Labute approximate surface area is 123 Å². The highest BCUT2D eigenvalue weighted by Gasteiger charge is 2.16. The van der Waals surface area contributed by atoms with Gasteiger partial charge in [-0.05, 0) is 32.0 Å². The predicted molar refractivity (Wildman–Crippen MR) is 81.6 cm³/mol. The highest BCUT2D eigenvalue weighted by Crippen LogP contribution is 2.30. The molecule has 20 heavy (non-hydrogen) atoms. The Morgan fingerprint density at radius 1 is 1.15 bits per heavy atom. The van der Waals surface area contributed by atoms with E-state index in [1.54, 1.807) is 25.6 Å². The fraction of sp³-hybridized carbons (Fsp3) is 0.400. The second-order valence-electron chi connectivity index (χ2n) is 4.59. The Morgan fingerprint density at radius 3 is 2.55 bits per heavy atom. The summed E-state index contributed by atoms with van der Waals surface area (Å²) in [7, 11) is 3.35. The van der Waals surface area contributed by atoms with Crippen LogP contribution in [0.1, 0.15) is 36.5 Å². The Balaban J connectivity index is 2.17. The van der Waals surface area contributed by atoms with E-state index in [1.807, 2.05) is 29.8 Å². The van der Waals surface area contributed by atoms with Crippen molar-refractivity contribution in [2.24, 2.45) is 0 Å². The van der Waals surface area contributed by atoms with E-state index in [4.69, 9.17) is 9.47 Å². The minimum absolute atomic E-state index is 0.138. The molecule has 2 unspecified atom stereocenters. The number of methoxy groups -OCH3 is 2. The van der Waals surface area contributed by atoms with E-state index in [1.165, 1.54) is 0 Å². The largest absolute Gasteiger partial charge is 0.497 e. The van der Waals surface area contributed by atoms with Crippen molar-refractivity contribution >= 4 is 11.3 Å². The van der Waals surface area contributed by atoms with Crippen molar-refractivity contribution < 1.29 is 9.47 Å². The number of ether oxygens (including phenoxy) is 2. The Bertz CT molecular complexity index is 543. The lowest BCUT2D eigenvalue weighted by Gasteiger charge is -2.21. The van der Waals surface area contributed by atoms with Gasteiger partial charge in [-0.25, -0.2) is 4.98 Å². The smallest absolute Gasteiger partial charge is 0.123 e. The number of nitrogens with zero attached hydrogens (tertiary/aromatic N) is 1. The first-order valence-electron chi connectivity index (χ1n) is 6.53. The second-order valence-corrected chi connectivity index (χ2v) is 5.51. The van der Waals surface area contributed by atoms with Gasteiger partial charge in [0.1, 0.15) is 16.5 Å². The number of aromatic nitrogens is 1. The molecule has 2 rings (SSSR count). The third-order valence-electron chi connectivity index (χ3n) is 3.23. The van der Waals surface area contributed by atoms with Gasteiger partial charge >= 0.3 is 0 Å². The monoisotopic (exact) mass is 292 g/mol. The van der Waals surface area contributed by atoms with Crippen molar-refractivity contribution in [1.29, 1.82) is 0 Å². The van der Waals surface area contributed by atoms with E-state index < -0.39 is 0 Å². The van der Waals surface area contributed by atoms with E-state index in [-0.39, 0.29) is 12.1 Å². The van der Waals surface area contributed by atoms with Gasteiger partial charge in [0.05, 0.1) is 20.3 Å². The third kappa shape index (κ3) is 3.29. The van der Waals surface area contributed by atoms with Crippen LogP contribution in [0.5, 0.6) is 11.5 Å². The maximum atomic E-state index is 5.43. The zero-order chi connectivity index (χ0) is 14.5. The summed E-state index contributed by atoms with van der Waals surface area (Å²) in [4.78, 5) is 4.34. The molecule has 4 nitrogen and oxygen atoms in total. The molecule has 0 aliphatic carbocycles. The fourth-order valence-electron chi connectivity index (χ4n) is 2.16. The lowest BCUT2D eigenvalue weighted by Crippen LogP contribution is -2.22. The zero-order valence-corrected chi connectivity index (χ0v) is 13.0. The summed E-state index contributed by atoms with van der Waals surface area (Å²) < 4.78 is 10.7. The molecule has 0 saturated heterocycles. The minimum Gasteiger partial charge on any atom is -0.497 e. The average Bonchev–Trinajstić information content (AvgIpc) is 3.00. The van der Waals surface area contributed by atoms with Gasteiger partial charge < -0.3 is 14.8 Å². The summed E-state index contributed by atoms with van der Waals surface area (Å²) in [6, 6.07) is 6.17. The molecule has 0 spiro atoms. The molecule has 0 saturated carbocycles. The van der Waals surface area contributed by atoms with E-state index >= 15 is 0 Å². The van der Waals surface area contributed by atoms with Crippen LogP contribution in [0.3, 0.4) is 0 Å². The van der Waals surface area contributed by atoms with Crippen LogP contribution in [-0.2, 0) is 0 Å². The van der Waals surface area contributed by atoms with Gasteiger partial charge in [0.2, 0.25) is 0 Å². The number of thiazole rings is 1. The number of hydrogen-bond acceptors (Lipinski definition) is 5. The van der Waals surface area contributed by atoms with Crippen molar-refractivity contribution in [3.8, 4) is 11.5 Å². The highest BCUT2D eigenvalue weighted by molar-refractivity contribution is 7.09. The first-order valence-corrected chi connectivity index (χ1v) is 7.41. The van der Waals surface area contributed by atoms with Gasteiger partial charge in [0, 0.05) is 23.2 Å². The maximum absolute atomic E-state index is 5.43. The van der Waals surface area contributed by atoms with Crippen LogP contribution in [0.15, 0.2) is 29.8 Å². The number of rotatable bonds is 6. The standard InChI is InChI=1S/C15H20N2O2S/c1-10(17-11(2)15-16-7-8-20-15)13-9-12(18-3)5-6-14(13)19-4/h5-11,17H,1-4H3. The average molecular weight is 292 g/mol. The Kier molecular flexibility index (Phi) is 4.98. The second kappa shape index (κ2) is 6.72. The van der Waals surface area contributed by atoms with E-state index in [9.17, 15) is 0 Å². The molecule has 0 amide bonds. The summed E-state index contributed by atoms with van der Waals surface area (Å²) in [5.74, 6) is 1.69. The maximum Gasteiger partial charge on any atom is 0.123 e. The molecular weight excluding hydrogens is 272 g/mol. The molecule has 2 atom stereocenters. The summed E-state index contributed by atoms with van der Waals surface area (Å²) in [5, 5.41) is 6.61. The summed E-state index contributed by atoms with van der Waals surface area (Å²) in [6.45, 7) is 4.23. The van der Waals surface area contributed by atoms with Crippen LogP contribution in [0.2, 0.25) is 0 Å². The fourth-order valence-corrected chi connectivity index (χ4v) is 2.82. The Hall–Kier alpha value is -1.59. The molecule has 1 aromatic carbocycles. The van der Waals surface area contributed by atoms with Crippen LogP contribution in [-0.4, -0.2) is 19.2 Å². The van der Waals surface area contributed by atoms with E-state index in [2.05, 4.69) is 24.1 Å². The molecule has 1 N–H and O–H groups in total. The summed E-state index contributed by atoms with van der Waals surface area (Å²) >= 11 is 1.66. The van der Waals surface area contributed by atoms with Gasteiger partial charge in [-0.2, -0.15) is 0 Å². The first-order chi connectivity index (χ1) is 9.65. The molecule has 2 aromatic rings. The predicted octanol–water partition coefficient (Wildman–Crippen LogP) is 3.57. The zero-order valence-electron chi connectivity index (χ0n) is 12.2. The molecular formula is C15H20N2O2S. The lowest BCUT2D eigenvalue weighted by atomic mass is 10.1. The molecule has 0 aliphatic heterocycles. The molecule has 0 fully saturated rings. The molecule has 0 aliphatic rings. The SMILES string of the molecule is COc1ccc(OC)c(C(C)NC(C)c2nccs2)c1. The van der Waals surface area contributed by atoms with Gasteiger partial charge in [-0.3, -0.25) is 0 Å². The van der Waals surface area contributed by atoms with Crippen molar-refractivity contribution in [3.63, 3.8) is 0 Å².